The Labute approximate surface area is 89.5 Å². The van der Waals surface area contributed by atoms with Crippen molar-refractivity contribution in [1.29, 1.82) is 0 Å². The summed E-state index contributed by atoms with van der Waals surface area (Å²) in [6.45, 7) is 0.899. The Hall–Kier alpha value is -1.82. The van der Waals surface area contributed by atoms with Gasteiger partial charge in [-0.25, -0.2) is 8.78 Å². The smallest absolute Gasteiger partial charge is 0.252 e. The van der Waals surface area contributed by atoms with Crippen LogP contribution in [0.15, 0.2) is 16.7 Å². The van der Waals surface area contributed by atoms with Gasteiger partial charge in [0.15, 0.2) is 0 Å². The Balaban J connectivity index is 2.52. The van der Waals surface area contributed by atoms with Crippen LogP contribution in [0.5, 0.6) is 0 Å². The second kappa shape index (κ2) is 3.97. The number of rotatable bonds is 2. The molecule has 0 bridgehead atoms. The van der Waals surface area contributed by atoms with Crippen LogP contribution in [0, 0.1) is 18.6 Å². The van der Waals surface area contributed by atoms with E-state index in [1.54, 1.807) is 0 Å². The van der Waals surface area contributed by atoms with Crippen LogP contribution in [0.3, 0.4) is 0 Å². The van der Waals surface area contributed by atoms with Crippen molar-refractivity contribution >= 4 is 0 Å². The van der Waals surface area contributed by atoms with Crippen molar-refractivity contribution in [2.45, 2.75) is 13.5 Å². The maximum Gasteiger partial charge on any atom is 0.252 e. The Morgan fingerprint density at radius 1 is 1.38 bits per heavy atom. The maximum absolute atomic E-state index is 13.6. The van der Waals surface area contributed by atoms with E-state index in [0.717, 1.165) is 6.07 Å². The molecule has 6 heteroatoms. The fraction of sp³-hybridized carbons (Fsp3) is 0.200. The molecule has 1 heterocycles. The van der Waals surface area contributed by atoms with Gasteiger partial charge in [-0.1, -0.05) is 5.16 Å². The zero-order valence-corrected chi connectivity index (χ0v) is 8.37. The van der Waals surface area contributed by atoms with Crippen LogP contribution in [0.1, 0.15) is 11.5 Å². The third-order valence-corrected chi connectivity index (χ3v) is 2.16. The van der Waals surface area contributed by atoms with Gasteiger partial charge in [0.05, 0.1) is 5.56 Å². The van der Waals surface area contributed by atoms with E-state index in [1.165, 1.54) is 13.0 Å². The Morgan fingerprint density at radius 3 is 2.75 bits per heavy atom. The molecular weight excluding hydrogens is 218 g/mol. The molecule has 0 amide bonds. The van der Waals surface area contributed by atoms with Gasteiger partial charge >= 0.3 is 0 Å². The molecule has 1 aromatic carbocycles. The molecule has 0 spiro atoms. The molecule has 0 aliphatic carbocycles. The quantitative estimate of drug-likeness (QED) is 0.848. The molecule has 1 aromatic heterocycles. The molecule has 2 rings (SSSR count). The van der Waals surface area contributed by atoms with Crippen molar-refractivity contribution in [3.63, 3.8) is 0 Å². The average molecular weight is 226 g/mol. The number of aliphatic hydroxyl groups is 1. The summed E-state index contributed by atoms with van der Waals surface area (Å²) < 4.78 is 31.3. The Bertz CT molecular complexity index is 526. The molecule has 84 valence electrons. The SMILES string of the molecule is Cc1c(F)ccc(-c2noc(CO)n2)c1F. The van der Waals surface area contributed by atoms with E-state index in [0.29, 0.717) is 0 Å². The van der Waals surface area contributed by atoms with Crippen LogP contribution in [0.25, 0.3) is 11.4 Å². The van der Waals surface area contributed by atoms with Crippen molar-refractivity contribution in [3.8, 4) is 11.4 Å². The van der Waals surface area contributed by atoms with Crippen LogP contribution < -0.4 is 0 Å². The van der Waals surface area contributed by atoms with Gasteiger partial charge in [-0.05, 0) is 19.1 Å². The van der Waals surface area contributed by atoms with Gasteiger partial charge in [0, 0.05) is 5.56 Å². The van der Waals surface area contributed by atoms with Crippen molar-refractivity contribution in [2.24, 2.45) is 0 Å². The van der Waals surface area contributed by atoms with Gasteiger partial charge in [0.2, 0.25) is 5.82 Å². The number of halogens is 2. The lowest BCUT2D eigenvalue weighted by Gasteiger charge is -2.01. The van der Waals surface area contributed by atoms with Gasteiger partial charge in [-0.2, -0.15) is 4.98 Å². The third kappa shape index (κ3) is 1.67. The minimum atomic E-state index is -0.731. The highest BCUT2D eigenvalue weighted by atomic mass is 19.1. The van der Waals surface area contributed by atoms with E-state index < -0.39 is 18.2 Å². The predicted molar refractivity (Wildman–Crippen MR) is 50.3 cm³/mol. The molecule has 0 aliphatic heterocycles. The summed E-state index contributed by atoms with van der Waals surface area (Å²) in [4.78, 5) is 3.74. The van der Waals surface area contributed by atoms with Crippen LogP contribution in [0.4, 0.5) is 8.78 Å². The first-order valence-electron chi connectivity index (χ1n) is 4.52. The van der Waals surface area contributed by atoms with E-state index in [9.17, 15) is 8.78 Å². The molecule has 0 saturated carbocycles. The molecule has 1 N–H and O–H groups in total. The molecule has 0 atom stereocenters. The van der Waals surface area contributed by atoms with E-state index in [2.05, 4.69) is 14.7 Å². The Morgan fingerprint density at radius 2 is 2.12 bits per heavy atom. The number of hydrogen-bond donors (Lipinski definition) is 1. The first kappa shape index (κ1) is 10.7. The first-order valence-corrected chi connectivity index (χ1v) is 4.52. The Kier molecular flexibility index (Phi) is 2.66. The van der Waals surface area contributed by atoms with Crippen molar-refractivity contribution < 1.29 is 18.4 Å². The molecule has 0 unspecified atom stereocenters. The van der Waals surface area contributed by atoms with Gasteiger partial charge in [0.1, 0.15) is 18.2 Å². The van der Waals surface area contributed by atoms with Gasteiger partial charge in [-0.3, -0.25) is 0 Å². The lowest BCUT2D eigenvalue weighted by molar-refractivity contribution is 0.222. The monoisotopic (exact) mass is 226 g/mol. The summed E-state index contributed by atoms with van der Waals surface area (Å²) in [6.07, 6.45) is 0. The van der Waals surface area contributed by atoms with Crippen LogP contribution >= 0.6 is 0 Å². The fourth-order valence-electron chi connectivity index (χ4n) is 1.26. The summed E-state index contributed by atoms with van der Waals surface area (Å²) >= 11 is 0. The molecule has 0 fully saturated rings. The summed E-state index contributed by atoms with van der Waals surface area (Å²) in [5.41, 5.74) is -0.0600. The lowest BCUT2D eigenvalue weighted by Crippen LogP contribution is -1.94. The minimum Gasteiger partial charge on any atom is -0.387 e. The largest absolute Gasteiger partial charge is 0.387 e. The molecule has 4 nitrogen and oxygen atoms in total. The van der Waals surface area contributed by atoms with Crippen molar-refractivity contribution in [3.05, 3.63) is 35.2 Å². The normalized spacial score (nSPS) is 10.8. The lowest BCUT2D eigenvalue weighted by atomic mass is 10.1. The average Bonchev–Trinajstić information content (AvgIpc) is 2.74. The van der Waals surface area contributed by atoms with Crippen LogP contribution in [0.2, 0.25) is 0 Å². The topological polar surface area (TPSA) is 59.2 Å². The van der Waals surface area contributed by atoms with Gasteiger partial charge in [-0.15, -0.1) is 0 Å². The highest BCUT2D eigenvalue weighted by Gasteiger charge is 2.16. The number of aliphatic hydroxyl groups excluding tert-OH is 1. The first-order chi connectivity index (χ1) is 7.63. The van der Waals surface area contributed by atoms with Crippen LogP contribution in [-0.4, -0.2) is 15.2 Å². The standard InChI is InChI=1S/C10H8F2N2O2/c1-5-7(11)3-2-6(9(5)12)10-13-8(4-15)16-14-10/h2-3,15H,4H2,1H3. The number of benzene rings is 1. The molecule has 0 aliphatic rings. The summed E-state index contributed by atoms with van der Waals surface area (Å²) in [5.74, 6) is -1.39. The van der Waals surface area contributed by atoms with Crippen molar-refractivity contribution in [2.75, 3.05) is 0 Å². The molecule has 16 heavy (non-hydrogen) atoms. The molecule has 0 radical (unpaired) electrons. The summed E-state index contributed by atoms with van der Waals surface area (Å²) in [5, 5.41) is 12.2. The summed E-state index contributed by atoms with van der Waals surface area (Å²) in [6, 6.07) is 2.35. The van der Waals surface area contributed by atoms with Crippen molar-refractivity contribution in [1.82, 2.24) is 10.1 Å². The van der Waals surface area contributed by atoms with E-state index in [1.807, 2.05) is 0 Å². The third-order valence-electron chi connectivity index (χ3n) is 2.16. The fourth-order valence-corrected chi connectivity index (χ4v) is 1.26. The number of nitrogens with zero attached hydrogens (tertiary/aromatic N) is 2. The second-order valence-corrected chi connectivity index (χ2v) is 3.20. The van der Waals surface area contributed by atoms with E-state index in [-0.39, 0.29) is 22.8 Å². The highest BCUT2D eigenvalue weighted by Crippen LogP contribution is 2.23. The van der Waals surface area contributed by atoms with E-state index >= 15 is 0 Å². The zero-order chi connectivity index (χ0) is 11.7. The van der Waals surface area contributed by atoms with Crippen LogP contribution in [-0.2, 0) is 6.61 Å². The molecule has 0 saturated heterocycles. The number of aromatic nitrogens is 2. The predicted octanol–water partition coefficient (Wildman–Crippen LogP) is 1.82. The second-order valence-electron chi connectivity index (χ2n) is 3.20. The maximum atomic E-state index is 13.6. The molecule has 2 aromatic rings. The zero-order valence-electron chi connectivity index (χ0n) is 8.37. The highest BCUT2D eigenvalue weighted by molar-refractivity contribution is 5.56. The van der Waals surface area contributed by atoms with Gasteiger partial charge < -0.3 is 9.63 Å². The van der Waals surface area contributed by atoms with E-state index in [4.69, 9.17) is 5.11 Å². The number of hydrogen-bond acceptors (Lipinski definition) is 4. The summed E-state index contributed by atoms with van der Waals surface area (Å²) in [7, 11) is 0. The molecular formula is C10H8F2N2O2. The van der Waals surface area contributed by atoms with Gasteiger partial charge in [0.25, 0.3) is 5.89 Å². The minimum absolute atomic E-state index is 0.00958.